The van der Waals surface area contributed by atoms with Crippen LogP contribution in [0.15, 0.2) is 24.3 Å². The summed E-state index contributed by atoms with van der Waals surface area (Å²) < 4.78 is 0. The highest BCUT2D eigenvalue weighted by Crippen LogP contribution is 2.10. The summed E-state index contributed by atoms with van der Waals surface area (Å²) in [6, 6.07) is 6.61. The zero-order valence-corrected chi connectivity index (χ0v) is 5.98. The summed E-state index contributed by atoms with van der Waals surface area (Å²) in [5.74, 6) is 0.251. The molecule has 0 spiro atoms. The Bertz CT molecular complexity index is 255. The minimum atomic E-state index is -0.829. The van der Waals surface area contributed by atoms with E-state index in [2.05, 4.69) is 4.84 Å². The summed E-state index contributed by atoms with van der Waals surface area (Å²) >= 11 is 0. The molecule has 0 atom stereocenters. The zero-order valence-electron chi connectivity index (χ0n) is 5.98. The van der Waals surface area contributed by atoms with Gasteiger partial charge in [0.1, 0.15) is 5.75 Å². The summed E-state index contributed by atoms with van der Waals surface area (Å²) in [7, 11) is 0. The second-order valence-corrected chi connectivity index (χ2v) is 2.13. The Balaban J connectivity index is 2.74. The van der Waals surface area contributed by atoms with Gasteiger partial charge in [0.2, 0.25) is 0 Å². The maximum absolute atomic E-state index is 9.84. The number of aryl methyl sites for hydroxylation is 1. The molecule has 0 radical (unpaired) electrons. The van der Waals surface area contributed by atoms with Gasteiger partial charge in [-0.05, 0) is 19.1 Å². The van der Waals surface area contributed by atoms with Crippen molar-refractivity contribution in [2.24, 2.45) is 0 Å². The van der Waals surface area contributed by atoms with Gasteiger partial charge in [0.25, 0.3) is 5.09 Å². The largest absolute Gasteiger partial charge is 0.299 e. The van der Waals surface area contributed by atoms with Gasteiger partial charge >= 0.3 is 0 Å². The molecule has 0 aliphatic rings. The number of rotatable bonds is 2. The van der Waals surface area contributed by atoms with E-state index in [1.807, 2.05) is 6.92 Å². The molecule has 0 aliphatic heterocycles. The minimum Gasteiger partial charge on any atom is -0.276 e. The summed E-state index contributed by atoms with van der Waals surface area (Å²) in [5, 5.41) is 9.01. The van der Waals surface area contributed by atoms with Crippen molar-refractivity contribution >= 4 is 0 Å². The Morgan fingerprint density at radius 1 is 1.36 bits per heavy atom. The van der Waals surface area contributed by atoms with Crippen LogP contribution in [0.3, 0.4) is 0 Å². The molecule has 0 aromatic heterocycles. The Hall–Kier alpha value is -1.58. The first-order valence-corrected chi connectivity index (χ1v) is 3.07. The van der Waals surface area contributed by atoms with E-state index in [0.717, 1.165) is 5.56 Å². The first-order valence-electron chi connectivity index (χ1n) is 3.07. The van der Waals surface area contributed by atoms with E-state index in [1.54, 1.807) is 24.3 Å². The lowest BCUT2D eigenvalue weighted by Gasteiger charge is -1.96. The van der Waals surface area contributed by atoms with Gasteiger partial charge in [-0.1, -0.05) is 17.7 Å². The van der Waals surface area contributed by atoms with Crippen molar-refractivity contribution in [3.8, 4) is 5.75 Å². The fraction of sp³-hybridized carbons (Fsp3) is 0.143. The van der Waals surface area contributed by atoms with E-state index < -0.39 is 5.09 Å². The van der Waals surface area contributed by atoms with Crippen LogP contribution in [0.4, 0.5) is 0 Å². The third kappa shape index (κ3) is 2.25. The molecule has 1 rings (SSSR count). The van der Waals surface area contributed by atoms with Crippen LogP contribution >= 0.6 is 0 Å². The Morgan fingerprint density at radius 2 is 1.91 bits per heavy atom. The normalized spacial score (nSPS) is 9.18. The van der Waals surface area contributed by atoms with E-state index >= 15 is 0 Å². The van der Waals surface area contributed by atoms with Crippen LogP contribution in [0.2, 0.25) is 0 Å². The average Bonchev–Trinajstić information content (AvgIpc) is 1.93. The van der Waals surface area contributed by atoms with Gasteiger partial charge in [0.15, 0.2) is 0 Å². The van der Waals surface area contributed by atoms with Crippen LogP contribution in [-0.2, 0) is 0 Å². The van der Waals surface area contributed by atoms with Crippen molar-refractivity contribution in [2.45, 2.75) is 6.92 Å². The molecule has 0 fully saturated rings. The van der Waals surface area contributed by atoms with Gasteiger partial charge < -0.3 is 0 Å². The molecule has 4 nitrogen and oxygen atoms in total. The van der Waals surface area contributed by atoms with Crippen LogP contribution in [0.1, 0.15) is 5.56 Å². The van der Waals surface area contributed by atoms with Crippen molar-refractivity contribution in [2.75, 3.05) is 0 Å². The average molecular weight is 153 g/mol. The highest BCUT2D eigenvalue weighted by atomic mass is 17.0. The van der Waals surface area contributed by atoms with Crippen LogP contribution in [-0.4, -0.2) is 5.09 Å². The molecule has 0 N–H and O–H groups in total. The second kappa shape index (κ2) is 3.01. The molecule has 0 unspecified atom stereocenters. The summed E-state index contributed by atoms with van der Waals surface area (Å²) in [5.41, 5.74) is 1.04. The molecule has 11 heavy (non-hydrogen) atoms. The second-order valence-electron chi connectivity index (χ2n) is 2.13. The Morgan fingerprint density at radius 3 is 2.36 bits per heavy atom. The number of hydrogen-bond acceptors (Lipinski definition) is 3. The molecule has 0 bridgehead atoms. The molecule has 0 saturated carbocycles. The van der Waals surface area contributed by atoms with Gasteiger partial charge in [-0.25, -0.2) is 0 Å². The predicted octanol–water partition coefficient (Wildman–Crippen LogP) is 1.57. The van der Waals surface area contributed by atoms with Crippen molar-refractivity contribution in [3.05, 3.63) is 39.9 Å². The summed E-state index contributed by atoms with van der Waals surface area (Å²) in [6.07, 6.45) is 0. The van der Waals surface area contributed by atoms with Crippen molar-refractivity contribution < 1.29 is 9.92 Å². The van der Waals surface area contributed by atoms with E-state index in [1.165, 1.54) is 0 Å². The third-order valence-electron chi connectivity index (χ3n) is 1.20. The first-order chi connectivity index (χ1) is 5.18. The number of hydrogen-bond donors (Lipinski definition) is 0. The molecule has 0 saturated heterocycles. The SMILES string of the molecule is Cc1ccc(O[N+](=O)[O-])cc1. The van der Waals surface area contributed by atoms with Gasteiger partial charge in [0.05, 0.1) is 0 Å². The molecule has 0 heterocycles. The van der Waals surface area contributed by atoms with Crippen LogP contribution in [0.25, 0.3) is 0 Å². The molecule has 1 aromatic rings. The smallest absolute Gasteiger partial charge is 0.276 e. The highest BCUT2D eigenvalue weighted by molar-refractivity contribution is 5.25. The zero-order chi connectivity index (χ0) is 8.27. The van der Waals surface area contributed by atoms with E-state index in [0.29, 0.717) is 0 Å². The lowest BCUT2D eigenvalue weighted by molar-refractivity contribution is -0.711. The standard InChI is InChI=1S/C7H7NO3/c1-6-2-4-7(5-3-6)11-8(9)10/h2-5H,1H3. The van der Waals surface area contributed by atoms with E-state index in [4.69, 9.17) is 0 Å². The quantitative estimate of drug-likeness (QED) is 0.478. The molecule has 4 heteroatoms. The van der Waals surface area contributed by atoms with Gasteiger partial charge in [-0.3, -0.25) is 4.84 Å². The van der Waals surface area contributed by atoms with Crippen LogP contribution < -0.4 is 4.84 Å². The maximum Gasteiger partial charge on any atom is 0.299 e. The lowest BCUT2D eigenvalue weighted by Crippen LogP contribution is -2.02. The van der Waals surface area contributed by atoms with Crippen molar-refractivity contribution in [3.63, 3.8) is 0 Å². The number of benzene rings is 1. The van der Waals surface area contributed by atoms with Crippen molar-refractivity contribution in [1.82, 2.24) is 0 Å². The highest BCUT2D eigenvalue weighted by Gasteiger charge is 1.96. The van der Waals surface area contributed by atoms with Crippen LogP contribution in [0.5, 0.6) is 5.75 Å². The van der Waals surface area contributed by atoms with Crippen molar-refractivity contribution in [1.29, 1.82) is 0 Å². The van der Waals surface area contributed by atoms with Gasteiger partial charge in [-0.2, -0.15) is 0 Å². The minimum absolute atomic E-state index is 0.251. The summed E-state index contributed by atoms with van der Waals surface area (Å²) in [4.78, 5) is 14.0. The molecule has 0 amide bonds. The molecule has 1 aromatic carbocycles. The predicted molar refractivity (Wildman–Crippen MR) is 38.8 cm³/mol. The molecule has 58 valence electrons. The molecular weight excluding hydrogens is 146 g/mol. The molecular formula is C7H7NO3. The van der Waals surface area contributed by atoms with Gasteiger partial charge in [0, 0.05) is 0 Å². The Labute approximate surface area is 63.5 Å². The van der Waals surface area contributed by atoms with Gasteiger partial charge in [-0.15, -0.1) is 10.1 Å². The first kappa shape index (κ1) is 7.53. The fourth-order valence-corrected chi connectivity index (χ4v) is 0.685. The number of nitrogens with zero attached hydrogens (tertiary/aromatic N) is 1. The Kier molecular flexibility index (Phi) is 2.06. The molecule has 0 aliphatic carbocycles. The fourth-order valence-electron chi connectivity index (χ4n) is 0.685. The maximum atomic E-state index is 9.84. The van der Waals surface area contributed by atoms with Crippen LogP contribution in [0, 0.1) is 17.0 Å². The third-order valence-corrected chi connectivity index (χ3v) is 1.20. The summed E-state index contributed by atoms with van der Waals surface area (Å²) in [6.45, 7) is 1.90. The topological polar surface area (TPSA) is 52.4 Å². The monoisotopic (exact) mass is 153 g/mol. The lowest BCUT2D eigenvalue weighted by atomic mass is 10.2. The van der Waals surface area contributed by atoms with E-state index in [9.17, 15) is 10.1 Å². The van der Waals surface area contributed by atoms with E-state index in [-0.39, 0.29) is 5.75 Å².